The molecule has 2 rings (SSSR count). The van der Waals surface area contributed by atoms with E-state index in [1.807, 2.05) is 61.5 Å². The molecule has 2 aromatic carbocycles. The first-order valence-corrected chi connectivity index (χ1v) is 8.43. The highest BCUT2D eigenvalue weighted by Crippen LogP contribution is 2.18. The van der Waals surface area contributed by atoms with E-state index < -0.39 is 5.60 Å². The van der Waals surface area contributed by atoms with Crippen molar-refractivity contribution >= 4 is 17.6 Å². The second-order valence-corrected chi connectivity index (χ2v) is 6.25. The van der Waals surface area contributed by atoms with Crippen molar-refractivity contribution in [3.8, 4) is 0 Å². The molecule has 0 aliphatic heterocycles. The van der Waals surface area contributed by atoms with Gasteiger partial charge in [0.05, 0.1) is 13.1 Å². The Kier molecular flexibility index (Phi) is 6.64. The Hall–Kier alpha value is -2.04. The fourth-order valence-corrected chi connectivity index (χ4v) is 2.38. The van der Waals surface area contributed by atoms with Crippen molar-refractivity contribution in [2.24, 2.45) is 4.99 Å². The van der Waals surface area contributed by atoms with E-state index in [0.29, 0.717) is 24.1 Å². The largest absolute Gasteiger partial charge is 0.384 e. The molecule has 24 heavy (non-hydrogen) atoms. The average molecular weight is 346 g/mol. The van der Waals surface area contributed by atoms with Gasteiger partial charge in [0.2, 0.25) is 0 Å². The van der Waals surface area contributed by atoms with Crippen LogP contribution in [0, 0.1) is 0 Å². The Morgan fingerprint density at radius 2 is 1.75 bits per heavy atom. The minimum atomic E-state index is -0.974. The lowest BCUT2D eigenvalue weighted by Crippen LogP contribution is -2.44. The number of nitrogens with zero attached hydrogens (tertiary/aromatic N) is 1. The number of guanidine groups is 1. The van der Waals surface area contributed by atoms with Gasteiger partial charge in [-0.1, -0.05) is 54.1 Å². The molecule has 0 aromatic heterocycles. The first-order chi connectivity index (χ1) is 11.5. The maximum atomic E-state index is 10.7. The molecule has 0 fully saturated rings. The summed E-state index contributed by atoms with van der Waals surface area (Å²) in [6.45, 7) is 5.45. The number of halogens is 1. The molecule has 1 atom stereocenters. The summed E-state index contributed by atoms with van der Waals surface area (Å²) in [4.78, 5) is 4.55. The molecule has 2 aromatic rings. The van der Waals surface area contributed by atoms with Crippen LogP contribution in [-0.4, -0.2) is 24.2 Å². The van der Waals surface area contributed by atoms with Crippen LogP contribution in [0.5, 0.6) is 0 Å². The molecule has 5 heteroatoms. The molecule has 0 bridgehead atoms. The summed E-state index contributed by atoms with van der Waals surface area (Å²) >= 11 is 5.89. The van der Waals surface area contributed by atoms with Gasteiger partial charge in [-0.25, -0.2) is 4.99 Å². The summed E-state index contributed by atoms with van der Waals surface area (Å²) in [5.41, 5.74) is 0.968. The Bertz CT molecular complexity index is 654. The van der Waals surface area contributed by atoms with Crippen LogP contribution < -0.4 is 10.6 Å². The van der Waals surface area contributed by atoms with E-state index in [-0.39, 0.29) is 0 Å². The van der Waals surface area contributed by atoms with Gasteiger partial charge in [0.25, 0.3) is 0 Å². The fraction of sp³-hybridized carbons (Fsp3) is 0.316. The van der Waals surface area contributed by atoms with Gasteiger partial charge in [-0.05, 0) is 37.1 Å². The van der Waals surface area contributed by atoms with E-state index in [4.69, 9.17) is 11.6 Å². The Labute approximate surface area is 148 Å². The number of benzene rings is 2. The number of rotatable bonds is 6. The van der Waals surface area contributed by atoms with Crippen LogP contribution in [-0.2, 0) is 12.1 Å². The van der Waals surface area contributed by atoms with E-state index in [0.717, 1.165) is 17.7 Å². The van der Waals surface area contributed by atoms with Crippen molar-refractivity contribution in [3.05, 3.63) is 70.7 Å². The Morgan fingerprint density at radius 1 is 1.08 bits per heavy atom. The fourth-order valence-electron chi connectivity index (χ4n) is 2.26. The van der Waals surface area contributed by atoms with Gasteiger partial charge in [-0.2, -0.15) is 0 Å². The highest BCUT2D eigenvalue weighted by atomic mass is 35.5. The van der Waals surface area contributed by atoms with Crippen LogP contribution in [0.3, 0.4) is 0 Å². The van der Waals surface area contributed by atoms with E-state index in [1.165, 1.54) is 0 Å². The van der Waals surface area contributed by atoms with Crippen LogP contribution in [0.2, 0.25) is 5.02 Å². The first-order valence-electron chi connectivity index (χ1n) is 8.06. The van der Waals surface area contributed by atoms with E-state index in [2.05, 4.69) is 15.6 Å². The lowest BCUT2D eigenvalue weighted by Gasteiger charge is -2.25. The minimum absolute atomic E-state index is 0.365. The predicted octanol–water partition coefficient (Wildman–Crippen LogP) is 3.30. The van der Waals surface area contributed by atoms with Crippen molar-refractivity contribution in [1.29, 1.82) is 0 Å². The maximum Gasteiger partial charge on any atom is 0.191 e. The molecule has 0 aliphatic carbocycles. The molecule has 3 N–H and O–H groups in total. The van der Waals surface area contributed by atoms with Crippen LogP contribution in [0.15, 0.2) is 59.6 Å². The highest BCUT2D eigenvalue weighted by molar-refractivity contribution is 6.30. The lowest BCUT2D eigenvalue weighted by atomic mass is 9.96. The normalized spacial score (nSPS) is 14.1. The van der Waals surface area contributed by atoms with Gasteiger partial charge in [-0.15, -0.1) is 0 Å². The smallest absolute Gasteiger partial charge is 0.191 e. The predicted molar refractivity (Wildman–Crippen MR) is 100 cm³/mol. The maximum absolute atomic E-state index is 10.7. The monoisotopic (exact) mass is 345 g/mol. The van der Waals surface area contributed by atoms with Crippen molar-refractivity contribution in [2.45, 2.75) is 26.0 Å². The number of hydrogen-bond donors (Lipinski definition) is 3. The summed E-state index contributed by atoms with van der Waals surface area (Å²) in [6, 6.07) is 17.2. The third-order valence-electron chi connectivity index (χ3n) is 3.67. The van der Waals surface area contributed by atoms with Crippen LogP contribution in [0.1, 0.15) is 25.0 Å². The molecular formula is C19H24ClN3O. The van der Waals surface area contributed by atoms with Gasteiger partial charge >= 0.3 is 0 Å². The first kappa shape index (κ1) is 18.3. The van der Waals surface area contributed by atoms with Gasteiger partial charge in [0.1, 0.15) is 5.60 Å². The molecule has 128 valence electrons. The summed E-state index contributed by atoms with van der Waals surface area (Å²) in [5.74, 6) is 0.670. The zero-order valence-corrected chi connectivity index (χ0v) is 14.8. The molecule has 0 radical (unpaired) electrons. The molecule has 0 aliphatic rings. The third-order valence-corrected chi connectivity index (χ3v) is 3.92. The second kappa shape index (κ2) is 8.71. The lowest BCUT2D eigenvalue weighted by molar-refractivity contribution is 0.0617. The molecule has 0 saturated heterocycles. The number of hydrogen-bond acceptors (Lipinski definition) is 2. The molecular weight excluding hydrogens is 322 g/mol. The molecule has 0 spiro atoms. The number of aliphatic hydroxyl groups is 1. The zero-order chi connectivity index (χ0) is 17.4. The molecule has 0 heterocycles. The summed E-state index contributed by atoms with van der Waals surface area (Å²) in [7, 11) is 0. The van der Waals surface area contributed by atoms with Gasteiger partial charge in [-0.3, -0.25) is 0 Å². The SMILES string of the molecule is CCNC(=NCc1ccc(Cl)cc1)NCC(C)(O)c1ccccc1. The van der Waals surface area contributed by atoms with Gasteiger partial charge in [0, 0.05) is 11.6 Å². The van der Waals surface area contributed by atoms with Crippen molar-refractivity contribution in [2.75, 3.05) is 13.1 Å². The highest BCUT2D eigenvalue weighted by Gasteiger charge is 2.22. The topological polar surface area (TPSA) is 56.7 Å². The van der Waals surface area contributed by atoms with Gasteiger partial charge < -0.3 is 15.7 Å². The number of aliphatic imine (C=N–C) groups is 1. The van der Waals surface area contributed by atoms with Crippen LogP contribution >= 0.6 is 11.6 Å². The van der Waals surface area contributed by atoms with Crippen molar-refractivity contribution in [3.63, 3.8) is 0 Å². The van der Waals surface area contributed by atoms with E-state index in [1.54, 1.807) is 6.92 Å². The van der Waals surface area contributed by atoms with Crippen molar-refractivity contribution in [1.82, 2.24) is 10.6 Å². The van der Waals surface area contributed by atoms with Crippen LogP contribution in [0.25, 0.3) is 0 Å². The average Bonchev–Trinajstić information content (AvgIpc) is 2.59. The summed E-state index contributed by atoms with van der Waals surface area (Å²) < 4.78 is 0. The molecule has 4 nitrogen and oxygen atoms in total. The minimum Gasteiger partial charge on any atom is -0.384 e. The molecule has 1 unspecified atom stereocenters. The Morgan fingerprint density at radius 3 is 2.38 bits per heavy atom. The standard InChI is InChI=1S/C19H24ClN3O/c1-3-21-18(22-13-15-9-11-17(20)12-10-15)23-14-19(2,24)16-7-5-4-6-8-16/h4-12,24H,3,13-14H2,1-2H3,(H2,21,22,23). The van der Waals surface area contributed by atoms with E-state index >= 15 is 0 Å². The van der Waals surface area contributed by atoms with Crippen molar-refractivity contribution < 1.29 is 5.11 Å². The third kappa shape index (κ3) is 5.55. The number of nitrogens with one attached hydrogen (secondary N) is 2. The van der Waals surface area contributed by atoms with E-state index in [9.17, 15) is 5.11 Å². The molecule has 0 saturated carbocycles. The zero-order valence-electron chi connectivity index (χ0n) is 14.1. The van der Waals surface area contributed by atoms with Crippen LogP contribution in [0.4, 0.5) is 0 Å². The van der Waals surface area contributed by atoms with Gasteiger partial charge in [0.15, 0.2) is 5.96 Å². The summed E-state index contributed by atoms with van der Waals surface area (Å²) in [5, 5.41) is 17.8. The second-order valence-electron chi connectivity index (χ2n) is 5.82. The summed E-state index contributed by atoms with van der Waals surface area (Å²) in [6.07, 6.45) is 0. The molecule has 0 amide bonds. The quantitative estimate of drug-likeness (QED) is 0.556. The Balaban J connectivity index is 2.00.